The standard InChI is InChI=1S/C22H21N5O2/c28-21-20(16-5-2-1-3-6-16)27-14-17-13-18(7-8-19(17)24-22(27)25-21)29-12-4-10-26-11-9-23-15-26/h1-3,5-9,11,13,15,20H,4,10,12,14H2,(H,24,25,28). The maximum absolute atomic E-state index is 12.6. The van der Waals surface area contributed by atoms with Crippen molar-refractivity contribution in [3.63, 3.8) is 0 Å². The summed E-state index contributed by atoms with van der Waals surface area (Å²) < 4.78 is 7.97. The Kier molecular flexibility index (Phi) is 4.48. The van der Waals surface area contributed by atoms with E-state index in [0.717, 1.165) is 35.5 Å². The lowest BCUT2D eigenvalue weighted by Crippen LogP contribution is -2.33. The first-order valence-corrected chi connectivity index (χ1v) is 9.70. The van der Waals surface area contributed by atoms with Gasteiger partial charge < -0.3 is 14.2 Å². The van der Waals surface area contributed by atoms with Gasteiger partial charge in [0, 0.05) is 31.0 Å². The van der Waals surface area contributed by atoms with Gasteiger partial charge in [-0.2, -0.15) is 0 Å². The minimum Gasteiger partial charge on any atom is -0.494 e. The molecule has 1 atom stereocenters. The van der Waals surface area contributed by atoms with Crippen LogP contribution in [0.4, 0.5) is 5.69 Å². The van der Waals surface area contributed by atoms with Crippen molar-refractivity contribution in [2.24, 2.45) is 4.99 Å². The first-order chi connectivity index (χ1) is 14.3. The predicted molar refractivity (Wildman–Crippen MR) is 109 cm³/mol. The molecule has 2 aliphatic rings. The number of nitrogens with zero attached hydrogens (tertiary/aromatic N) is 4. The van der Waals surface area contributed by atoms with Gasteiger partial charge in [0.1, 0.15) is 11.8 Å². The van der Waals surface area contributed by atoms with Crippen LogP contribution in [0, 0.1) is 0 Å². The molecule has 29 heavy (non-hydrogen) atoms. The van der Waals surface area contributed by atoms with Gasteiger partial charge in [-0.3, -0.25) is 10.1 Å². The summed E-state index contributed by atoms with van der Waals surface area (Å²) in [5.41, 5.74) is 2.89. The average Bonchev–Trinajstić information content (AvgIpc) is 3.37. The number of carbonyl (C=O) groups excluding carboxylic acids is 1. The van der Waals surface area contributed by atoms with E-state index in [2.05, 4.69) is 15.3 Å². The van der Waals surface area contributed by atoms with Gasteiger partial charge in [0.05, 0.1) is 18.6 Å². The number of aliphatic imine (C=N–C) groups is 1. The Hall–Kier alpha value is -3.61. The largest absolute Gasteiger partial charge is 0.494 e. The number of rotatable bonds is 6. The van der Waals surface area contributed by atoms with Gasteiger partial charge in [-0.15, -0.1) is 0 Å². The normalized spacial score (nSPS) is 17.4. The SMILES string of the molecule is O=C1NC2=Nc3ccc(OCCCn4ccnc4)cc3CN2C1c1ccccc1. The molecule has 0 bridgehead atoms. The highest BCUT2D eigenvalue weighted by molar-refractivity contribution is 6.08. The predicted octanol–water partition coefficient (Wildman–Crippen LogP) is 3.03. The van der Waals surface area contributed by atoms with Gasteiger partial charge in [0.25, 0.3) is 5.91 Å². The molecule has 0 saturated carbocycles. The number of benzene rings is 2. The van der Waals surface area contributed by atoms with Gasteiger partial charge in [0.15, 0.2) is 0 Å². The van der Waals surface area contributed by atoms with Gasteiger partial charge in [0.2, 0.25) is 5.96 Å². The Morgan fingerprint density at radius 1 is 1.17 bits per heavy atom. The number of fused-ring (bicyclic) bond motifs is 2. The lowest BCUT2D eigenvalue weighted by atomic mass is 10.0. The molecule has 0 spiro atoms. The molecule has 1 amide bonds. The van der Waals surface area contributed by atoms with Crippen molar-refractivity contribution in [3.8, 4) is 5.75 Å². The van der Waals surface area contributed by atoms with E-state index in [1.807, 2.05) is 70.5 Å². The summed E-state index contributed by atoms with van der Waals surface area (Å²) in [6.07, 6.45) is 6.43. The highest BCUT2D eigenvalue weighted by atomic mass is 16.5. The average molecular weight is 387 g/mol. The molecule has 2 aromatic carbocycles. The number of hydrogen-bond donors (Lipinski definition) is 1. The zero-order valence-corrected chi connectivity index (χ0v) is 15.9. The maximum atomic E-state index is 12.6. The maximum Gasteiger partial charge on any atom is 0.254 e. The summed E-state index contributed by atoms with van der Waals surface area (Å²) in [5, 5.41) is 2.91. The lowest BCUT2D eigenvalue weighted by molar-refractivity contribution is -0.121. The summed E-state index contributed by atoms with van der Waals surface area (Å²) in [6, 6.07) is 15.4. The monoisotopic (exact) mass is 387 g/mol. The van der Waals surface area contributed by atoms with E-state index in [1.165, 1.54) is 0 Å². The van der Waals surface area contributed by atoms with Crippen LogP contribution in [-0.4, -0.2) is 32.9 Å². The lowest BCUT2D eigenvalue weighted by Gasteiger charge is -2.28. The van der Waals surface area contributed by atoms with Crippen molar-refractivity contribution in [3.05, 3.63) is 78.4 Å². The van der Waals surface area contributed by atoms with Gasteiger partial charge >= 0.3 is 0 Å². The molecule has 1 saturated heterocycles. The smallest absolute Gasteiger partial charge is 0.254 e. The van der Waals surface area contributed by atoms with Crippen molar-refractivity contribution in [1.29, 1.82) is 0 Å². The summed E-state index contributed by atoms with van der Waals surface area (Å²) in [7, 11) is 0. The van der Waals surface area contributed by atoms with Crippen molar-refractivity contribution in [2.45, 2.75) is 25.6 Å². The molecular formula is C22H21N5O2. The molecule has 2 aliphatic heterocycles. The summed E-state index contributed by atoms with van der Waals surface area (Å²) in [4.78, 5) is 23.3. The fraction of sp³-hybridized carbons (Fsp3) is 0.227. The Balaban J connectivity index is 1.29. The quantitative estimate of drug-likeness (QED) is 0.660. The van der Waals surface area contributed by atoms with Crippen molar-refractivity contribution < 1.29 is 9.53 Å². The van der Waals surface area contributed by atoms with Crippen molar-refractivity contribution in [2.75, 3.05) is 6.61 Å². The molecule has 0 aliphatic carbocycles. The number of ether oxygens (including phenoxy) is 1. The molecule has 5 rings (SSSR count). The van der Waals surface area contributed by atoms with Crippen LogP contribution in [0.1, 0.15) is 23.6 Å². The van der Waals surface area contributed by atoms with Crippen LogP contribution < -0.4 is 10.1 Å². The minimum absolute atomic E-state index is 0.0428. The Morgan fingerprint density at radius 2 is 2.07 bits per heavy atom. The first-order valence-electron chi connectivity index (χ1n) is 9.70. The molecular weight excluding hydrogens is 366 g/mol. The van der Waals surface area contributed by atoms with E-state index in [9.17, 15) is 4.79 Å². The van der Waals surface area contributed by atoms with Gasteiger partial charge in [-0.1, -0.05) is 30.3 Å². The molecule has 1 aromatic heterocycles. The van der Waals surface area contributed by atoms with E-state index in [-0.39, 0.29) is 11.9 Å². The summed E-state index contributed by atoms with van der Waals surface area (Å²) >= 11 is 0. The highest BCUT2D eigenvalue weighted by Gasteiger charge is 2.39. The molecule has 3 aromatic rings. The number of aryl methyl sites for hydroxylation is 1. The second-order valence-corrected chi connectivity index (χ2v) is 7.16. The van der Waals surface area contributed by atoms with Crippen LogP contribution in [0.15, 0.2) is 72.2 Å². The topological polar surface area (TPSA) is 71.7 Å². The number of carbonyl (C=O) groups is 1. The van der Waals surface area contributed by atoms with Crippen molar-refractivity contribution in [1.82, 2.24) is 19.8 Å². The number of guanidine groups is 1. The third kappa shape index (κ3) is 3.47. The molecule has 7 nitrogen and oxygen atoms in total. The van der Waals surface area contributed by atoms with Crippen LogP contribution >= 0.6 is 0 Å². The third-order valence-corrected chi connectivity index (χ3v) is 5.19. The Labute approximate surface area is 168 Å². The van der Waals surface area contributed by atoms with Crippen LogP contribution in [0.2, 0.25) is 0 Å². The van der Waals surface area contributed by atoms with Crippen molar-refractivity contribution >= 4 is 17.6 Å². The van der Waals surface area contributed by atoms with E-state index in [0.29, 0.717) is 19.1 Å². The van der Waals surface area contributed by atoms with E-state index in [1.54, 1.807) is 6.20 Å². The van der Waals surface area contributed by atoms with Crippen LogP contribution in [0.25, 0.3) is 0 Å². The number of aromatic nitrogens is 2. The number of hydrogen-bond acceptors (Lipinski definition) is 5. The Bertz CT molecular complexity index is 1050. The fourth-order valence-corrected chi connectivity index (χ4v) is 3.78. The van der Waals surface area contributed by atoms with Crippen LogP contribution in [0.3, 0.4) is 0 Å². The molecule has 7 heteroatoms. The second kappa shape index (κ2) is 7.43. The third-order valence-electron chi connectivity index (χ3n) is 5.19. The number of amides is 1. The number of imidazole rings is 1. The second-order valence-electron chi connectivity index (χ2n) is 7.16. The van der Waals surface area contributed by atoms with E-state index in [4.69, 9.17) is 4.74 Å². The van der Waals surface area contributed by atoms with E-state index >= 15 is 0 Å². The summed E-state index contributed by atoms with van der Waals surface area (Å²) in [5.74, 6) is 1.40. The number of nitrogens with one attached hydrogen (secondary N) is 1. The zero-order valence-electron chi connectivity index (χ0n) is 15.9. The van der Waals surface area contributed by atoms with Crippen LogP contribution in [-0.2, 0) is 17.9 Å². The fourth-order valence-electron chi connectivity index (χ4n) is 3.78. The van der Waals surface area contributed by atoms with Crippen LogP contribution in [0.5, 0.6) is 5.75 Å². The zero-order chi connectivity index (χ0) is 19.6. The highest BCUT2D eigenvalue weighted by Crippen LogP contribution is 2.36. The molecule has 0 radical (unpaired) electrons. The molecule has 1 N–H and O–H groups in total. The Morgan fingerprint density at radius 3 is 2.90 bits per heavy atom. The molecule has 1 unspecified atom stereocenters. The molecule has 146 valence electrons. The molecule has 3 heterocycles. The molecule has 1 fully saturated rings. The summed E-state index contributed by atoms with van der Waals surface area (Å²) in [6.45, 7) is 2.11. The minimum atomic E-state index is -0.358. The first kappa shape index (κ1) is 17.5. The van der Waals surface area contributed by atoms with E-state index < -0.39 is 0 Å². The van der Waals surface area contributed by atoms with Gasteiger partial charge in [-0.05, 0) is 30.2 Å². The van der Waals surface area contributed by atoms with Gasteiger partial charge in [-0.25, -0.2) is 9.98 Å².